The van der Waals surface area contributed by atoms with Gasteiger partial charge >= 0.3 is 0 Å². The van der Waals surface area contributed by atoms with Crippen LogP contribution in [0, 0.1) is 17.0 Å². The van der Waals surface area contributed by atoms with Crippen molar-refractivity contribution in [2.45, 2.75) is 12.8 Å². The fourth-order valence-electron chi connectivity index (χ4n) is 2.99. The number of nitrogens with one attached hydrogen (secondary N) is 2. The summed E-state index contributed by atoms with van der Waals surface area (Å²) in [5, 5.41) is 9.77. The number of nitrogens with two attached hydrogens (primary N) is 1. The molecule has 0 bridgehead atoms. The normalized spacial score (nSPS) is 13.3. The standard InChI is InChI=1S/C20H21F2N5/c1-12-10-27(11-12)19-17(21)8-15(9-25-19)16-5-3-4-14(18(16)22)7-6-13(2)26-20(23)24/h3-5,8-9H,1-2,6-7,10-11H2,(H4,23,24,26). The summed E-state index contributed by atoms with van der Waals surface area (Å²) in [5.41, 5.74) is 7.96. The van der Waals surface area contributed by atoms with E-state index < -0.39 is 11.6 Å². The van der Waals surface area contributed by atoms with Crippen molar-refractivity contribution in [3.8, 4) is 11.1 Å². The van der Waals surface area contributed by atoms with E-state index in [0.717, 1.165) is 5.57 Å². The van der Waals surface area contributed by atoms with E-state index in [1.54, 1.807) is 23.1 Å². The Hall–Kier alpha value is -3.22. The molecular weight excluding hydrogens is 348 g/mol. The van der Waals surface area contributed by atoms with Crippen LogP contribution in [-0.4, -0.2) is 24.0 Å². The van der Waals surface area contributed by atoms with Gasteiger partial charge in [-0.1, -0.05) is 31.4 Å². The molecule has 0 unspecified atom stereocenters. The number of aromatic nitrogens is 1. The molecule has 1 saturated heterocycles. The van der Waals surface area contributed by atoms with Gasteiger partial charge in [0.1, 0.15) is 5.82 Å². The van der Waals surface area contributed by atoms with E-state index in [2.05, 4.69) is 23.5 Å². The van der Waals surface area contributed by atoms with Crippen LogP contribution in [0.25, 0.3) is 11.1 Å². The van der Waals surface area contributed by atoms with Crippen LogP contribution in [0.4, 0.5) is 14.6 Å². The molecule has 1 aromatic heterocycles. The Morgan fingerprint density at radius 1 is 1.33 bits per heavy atom. The molecule has 2 aromatic rings. The molecule has 1 aliphatic rings. The Labute approximate surface area is 156 Å². The minimum absolute atomic E-state index is 0.207. The lowest BCUT2D eigenvalue weighted by Crippen LogP contribution is -2.40. The van der Waals surface area contributed by atoms with Crippen LogP contribution in [0.5, 0.6) is 0 Å². The SMILES string of the molecule is C=C1CN(c2ncc(-c3cccc(CCC(=C)NC(=N)N)c3F)cc2F)C1. The van der Waals surface area contributed by atoms with Crippen molar-refractivity contribution < 1.29 is 8.78 Å². The lowest BCUT2D eigenvalue weighted by atomic mass is 10.00. The largest absolute Gasteiger partial charge is 0.370 e. The minimum Gasteiger partial charge on any atom is -0.370 e. The zero-order chi connectivity index (χ0) is 19.6. The highest BCUT2D eigenvalue weighted by molar-refractivity contribution is 5.76. The summed E-state index contributed by atoms with van der Waals surface area (Å²) in [6, 6.07) is 6.30. The van der Waals surface area contributed by atoms with E-state index >= 15 is 0 Å². The summed E-state index contributed by atoms with van der Waals surface area (Å²) in [4.78, 5) is 5.95. The summed E-state index contributed by atoms with van der Waals surface area (Å²) in [6.45, 7) is 8.76. The zero-order valence-corrected chi connectivity index (χ0v) is 14.9. The Kier molecular flexibility index (Phi) is 5.21. The van der Waals surface area contributed by atoms with Crippen molar-refractivity contribution >= 4 is 11.8 Å². The van der Waals surface area contributed by atoms with Crippen molar-refractivity contribution in [3.63, 3.8) is 0 Å². The van der Waals surface area contributed by atoms with Crippen molar-refractivity contribution in [2.24, 2.45) is 5.73 Å². The van der Waals surface area contributed by atoms with E-state index in [1.165, 1.54) is 12.3 Å². The van der Waals surface area contributed by atoms with Crippen LogP contribution in [0.2, 0.25) is 0 Å². The molecule has 5 nitrogen and oxygen atoms in total. The second kappa shape index (κ2) is 7.57. The van der Waals surface area contributed by atoms with Gasteiger partial charge in [0.2, 0.25) is 0 Å². The first kappa shape index (κ1) is 18.6. The second-order valence-electron chi connectivity index (χ2n) is 6.56. The third-order valence-electron chi connectivity index (χ3n) is 4.35. The lowest BCUT2D eigenvalue weighted by Gasteiger charge is -2.34. The van der Waals surface area contributed by atoms with Crippen LogP contribution in [0.15, 0.2) is 54.9 Å². The first-order chi connectivity index (χ1) is 12.8. The molecule has 3 rings (SSSR count). The average Bonchev–Trinajstić information content (AvgIpc) is 2.58. The minimum atomic E-state index is -0.483. The van der Waals surface area contributed by atoms with Crippen molar-refractivity contribution in [1.82, 2.24) is 10.3 Å². The highest BCUT2D eigenvalue weighted by Crippen LogP contribution is 2.30. The van der Waals surface area contributed by atoms with Gasteiger partial charge < -0.3 is 16.0 Å². The average molecular weight is 369 g/mol. The number of aryl methyl sites for hydroxylation is 1. The highest BCUT2D eigenvalue weighted by Gasteiger charge is 2.23. The monoisotopic (exact) mass is 369 g/mol. The summed E-state index contributed by atoms with van der Waals surface area (Å²) in [7, 11) is 0. The van der Waals surface area contributed by atoms with Gasteiger partial charge in [0.05, 0.1) is 0 Å². The number of hydrogen-bond acceptors (Lipinski definition) is 3. The lowest BCUT2D eigenvalue weighted by molar-refractivity contribution is 0.602. The molecule has 0 aliphatic carbocycles. The summed E-state index contributed by atoms with van der Waals surface area (Å²) in [5.74, 6) is -0.848. The molecule has 1 fully saturated rings. The summed E-state index contributed by atoms with van der Waals surface area (Å²) < 4.78 is 29.3. The van der Waals surface area contributed by atoms with E-state index in [9.17, 15) is 8.78 Å². The molecule has 27 heavy (non-hydrogen) atoms. The molecule has 7 heteroatoms. The van der Waals surface area contributed by atoms with Gasteiger partial charge in [-0.2, -0.15) is 0 Å². The number of allylic oxidation sites excluding steroid dienone is 1. The van der Waals surface area contributed by atoms with E-state index in [1.807, 2.05) is 0 Å². The Bertz CT molecular complexity index is 915. The Balaban J connectivity index is 1.79. The number of nitrogens with zero attached hydrogens (tertiary/aromatic N) is 2. The van der Waals surface area contributed by atoms with Crippen molar-refractivity contribution in [3.05, 3.63) is 72.1 Å². The number of benzene rings is 1. The number of anilines is 1. The van der Waals surface area contributed by atoms with E-state index in [4.69, 9.17) is 11.1 Å². The van der Waals surface area contributed by atoms with Crippen LogP contribution in [-0.2, 0) is 6.42 Å². The van der Waals surface area contributed by atoms with Crippen LogP contribution in [0.1, 0.15) is 12.0 Å². The number of rotatable bonds is 6. The van der Waals surface area contributed by atoms with Crippen LogP contribution < -0.4 is 16.0 Å². The molecule has 1 aliphatic heterocycles. The number of pyridine rings is 1. The molecule has 1 aromatic carbocycles. The van der Waals surface area contributed by atoms with E-state index in [0.29, 0.717) is 48.3 Å². The van der Waals surface area contributed by atoms with Gasteiger partial charge in [-0.3, -0.25) is 5.41 Å². The predicted molar refractivity (Wildman–Crippen MR) is 103 cm³/mol. The van der Waals surface area contributed by atoms with Gasteiger partial charge in [0.25, 0.3) is 0 Å². The molecule has 4 N–H and O–H groups in total. The number of hydrogen-bond donors (Lipinski definition) is 3. The Morgan fingerprint density at radius 3 is 2.70 bits per heavy atom. The topological polar surface area (TPSA) is 78.0 Å². The van der Waals surface area contributed by atoms with Crippen molar-refractivity contribution in [2.75, 3.05) is 18.0 Å². The molecule has 2 heterocycles. The summed E-state index contributed by atoms with van der Waals surface area (Å²) in [6.07, 6.45) is 2.28. The molecule has 140 valence electrons. The maximum Gasteiger partial charge on any atom is 0.189 e. The maximum atomic E-state index is 14.9. The van der Waals surface area contributed by atoms with Crippen LogP contribution >= 0.6 is 0 Å². The molecular formula is C20H21F2N5. The number of halogens is 2. The third kappa shape index (κ3) is 4.13. The van der Waals surface area contributed by atoms with Gasteiger partial charge in [0.15, 0.2) is 17.6 Å². The quantitative estimate of drug-likeness (QED) is 0.415. The third-order valence-corrected chi connectivity index (χ3v) is 4.35. The van der Waals surface area contributed by atoms with Crippen LogP contribution in [0.3, 0.4) is 0 Å². The van der Waals surface area contributed by atoms with Crippen molar-refractivity contribution in [1.29, 1.82) is 5.41 Å². The molecule has 0 radical (unpaired) electrons. The fourth-order valence-corrected chi connectivity index (χ4v) is 2.99. The number of guanidine groups is 1. The first-order valence-corrected chi connectivity index (χ1v) is 8.49. The predicted octanol–water partition coefficient (Wildman–Crippen LogP) is 3.33. The zero-order valence-electron chi connectivity index (χ0n) is 14.9. The van der Waals surface area contributed by atoms with Gasteiger partial charge in [-0.25, -0.2) is 13.8 Å². The molecule has 0 atom stereocenters. The van der Waals surface area contributed by atoms with Gasteiger partial charge in [0, 0.05) is 36.1 Å². The molecule has 0 saturated carbocycles. The molecule has 0 spiro atoms. The molecule has 0 amide bonds. The maximum absolute atomic E-state index is 14.9. The highest BCUT2D eigenvalue weighted by atomic mass is 19.1. The van der Waals surface area contributed by atoms with Gasteiger partial charge in [-0.05, 0) is 30.0 Å². The smallest absolute Gasteiger partial charge is 0.189 e. The Morgan fingerprint density at radius 2 is 2.07 bits per heavy atom. The van der Waals surface area contributed by atoms with Gasteiger partial charge in [-0.15, -0.1) is 0 Å². The second-order valence-corrected chi connectivity index (χ2v) is 6.56. The van der Waals surface area contributed by atoms with E-state index in [-0.39, 0.29) is 11.8 Å². The fraction of sp³-hybridized carbons (Fsp3) is 0.200. The summed E-state index contributed by atoms with van der Waals surface area (Å²) >= 11 is 0. The first-order valence-electron chi connectivity index (χ1n) is 8.49.